The van der Waals surface area contributed by atoms with Crippen LogP contribution in [-0.4, -0.2) is 24.2 Å². The molecule has 0 bridgehead atoms. The molecule has 0 radical (unpaired) electrons. The summed E-state index contributed by atoms with van der Waals surface area (Å²) in [6.45, 7) is 11.6. The fourth-order valence-electron chi connectivity index (χ4n) is 1.93. The van der Waals surface area contributed by atoms with Crippen molar-refractivity contribution in [3.63, 3.8) is 0 Å². The summed E-state index contributed by atoms with van der Waals surface area (Å²) in [5.41, 5.74) is 1.34. The smallest absolute Gasteiger partial charge is 0.191 e. The first-order chi connectivity index (χ1) is 9.84. The molecule has 0 aliphatic carbocycles. The number of aliphatic imine (C=N–C) groups is 1. The molecule has 2 N–H and O–H groups in total. The minimum Gasteiger partial charge on any atom is -0.359 e. The van der Waals surface area contributed by atoms with E-state index >= 15 is 0 Å². The summed E-state index contributed by atoms with van der Waals surface area (Å²) in [5.74, 6) is 1.63. The highest BCUT2D eigenvalue weighted by Gasteiger charge is 2.13. The van der Waals surface area contributed by atoms with E-state index in [0.29, 0.717) is 18.0 Å². The number of nitrogens with one attached hydrogen (secondary N) is 2. The molecule has 0 amide bonds. The SMILES string of the molecule is CCc1cc(CNC(=NC)NC(C)CCC(C)(C)C)on1. The van der Waals surface area contributed by atoms with Crippen LogP contribution in [0.25, 0.3) is 0 Å². The van der Waals surface area contributed by atoms with E-state index in [9.17, 15) is 0 Å². The zero-order valence-corrected chi connectivity index (χ0v) is 14.3. The van der Waals surface area contributed by atoms with Gasteiger partial charge in [-0.1, -0.05) is 32.9 Å². The number of aryl methyl sites for hydroxylation is 1. The van der Waals surface area contributed by atoms with E-state index in [1.165, 1.54) is 6.42 Å². The van der Waals surface area contributed by atoms with E-state index in [2.05, 4.69) is 55.4 Å². The Morgan fingerprint density at radius 3 is 2.67 bits per heavy atom. The van der Waals surface area contributed by atoms with Crippen LogP contribution >= 0.6 is 0 Å². The molecule has 1 atom stereocenters. The highest BCUT2D eigenvalue weighted by atomic mass is 16.5. The van der Waals surface area contributed by atoms with E-state index in [1.54, 1.807) is 7.05 Å². The van der Waals surface area contributed by atoms with Crippen molar-refractivity contribution >= 4 is 5.96 Å². The Morgan fingerprint density at radius 1 is 1.43 bits per heavy atom. The summed E-state index contributed by atoms with van der Waals surface area (Å²) in [4.78, 5) is 4.25. The number of aromatic nitrogens is 1. The highest BCUT2D eigenvalue weighted by Crippen LogP contribution is 2.21. The summed E-state index contributed by atoms with van der Waals surface area (Å²) < 4.78 is 5.25. The predicted molar refractivity (Wildman–Crippen MR) is 87.4 cm³/mol. The molecule has 0 saturated heterocycles. The third-order valence-electron chi connectivity index (χ3n) is 3.33. The molecule has 1 rings (SSSR count). The average Bonchev–Trinajstić information content (AvgIpc) is 2.88. The first kappa shape index (κ1) is 17.5. The van der Waals surface area contributed by atoms with E-state index < -0.39 is 0 Å². The van der Waals surface area contributed by atoms with E-state index in [0.717, 1.165) is 30.3 Å². The highest BCUT2D eigenvalue weighted by molar-refractivity contribution is 5.79. The van der Waals surface area contributed by atoms with Gasteiger partial charge in [-0.15, -0.1) is 0 Å². The Morgan fingerprint density at radius 2 is 2.14 bits per heavy atom. The largest absolute Gasteiger partial charge is 0.359 e. The minimum atomic E-state index is 0.364. The third kappa shape index (κ3) is 7.16. The van der Waals surface area contributed by atoms with Crippen molar-refractivity contribution < 1.29 is 4.52 Å². The molecule has 120 valence electrons. The summed E-state index contributed by atoms with van der Waals surface area (Å²) in [5, 5.41) is 10.6. The van der Waals surface area contributed by atoms with Crippen LogP contribution in [0.15, 0.2) is 15.6 Å². The van der Waals surface area contributed by atoms with E-state index in [-0.39, 0.29) is 0 Å². The molecule has 1 unspecified atom stereocenters. The predicted octanol–water partition coefficient (Wildman–Crippen LogP) is 3.12. The summed E-state index contributed by atoms with van der Waals surface area (Å²) in [7, 11) is 1.78. The van der Waals surface area contributed by atoms with Gasteiger partial charge in [0.25, 0.3) is 0 Å². The molecule has 1 aromatic rings. The summed E-state index contributed by atoms with van der Waals surface area (Å²) in [6.07, 6.45) is 3.19. The van der Waals surface area contributed by atoms with Crippen molar-refractivity contribution in [3.05, 3.63) is 17.5 Å². The first-order valence-electron chi connectivity index (χ1n) is 7.75. The van der Waals surface area contributed by atoms with Crippen LogP contribution in [0.2, 0.25) is 0 Å². The maximum absolute atomic E-state index is 5.25. The van der Waals surface area contributed by atoms with Crippen LogP contribution in [0, 0.1) is 5.41 Å². The fraction of sp³-hybridized carbons (Fsp3) is 0.750. The van der Waals surface area contributed by atoms with Crippen LogP contribution in [0.3, 0.4) is 0 Å². The summed E-state index contributed by atoms with van der Waals surface area (Å²) in [6, 6.07) is 2.36. The molecule has 0 aliphatic heterocycles. The van der Waals surface area contributed by atoms with Crippen molar-refractivity contribution in [2.45, 2.75) is 66.5 Å². The normalized spacial score (nSPS) is 14.1. The van der Waals surface area contributed by atoms with Crippen molar-refractivity contribution in [1.29, 1.82) is 0 Å². The lowest BCUT2D eigenvalue weighted by atomic mass is 9.89. The maximum Gasteiger partial charge on any atom is 0.191 e. The van der Waals surface area contributed by atoms with Crippen molar-refractivity contribution in [2.75, 3.05) is 7.05 Å². The van der Waals surface area contributed by atoms with Gasteiger partial charge < -0.3 is 15.2 Å². The number of hydrogen-bond donors (Lipinski definition) is 2. The number of nitrogens with zero attached hydrogens (tertiary/aromatic N) is 2. The average molecular weight is 294 g/mol. The zero-order valence-electron chi connectivity index (χ0n) is 14.3. The molecule has 1 heterocycles. The van der Waals surface area contributed by atoms with Crippen molar-refractivity contribution in [2.24, 2.45) is 10.4 Å². The Balaban J connectivity index is 2.38. The van der Waals surface area contributed by atoms with E-state index in [4.69, 9.17) is 4.52 Å². The topological polar surface area (TPSA) is 62.5 Å². The quantitative estimate of drug-likeness (QED) is 0.625. The molecular formula is C16H30N4O. The third-order valence-corrected chi connectivity index (χ3v) is 3.33. The van der Waals surface area contributed by atoms with Crippen LogP contribution in [-0.2, 0) is 13.0 Å². The molecule has 1 aromatic heterocycles. The minimum absolute atomic E-state index is 0.364. The Hall–Kier alpha value is -1.52. The molecular weight excluding hydrogens is 264 g/mol. The Bertz CT molecular complexity index is 445. The van der Waals surface area contributed by atoms with E-state index in [1.807, 2.05) is 6.07 Å². The Kier molecular flexibility index (Phi) is 6.72. The molecule has 0 aliphatic rings. The fourth-order valence-corrected chi connectivity index (χ4v) is 1.93. The second-order valence-electron chi connectivity index (χ2n) is 6.71. The van der Waals surface area contributed by atoms with Crippen molar-refractivity contribution in [1.82, 2.24) is 15.8 Å². The summed E-state index contributed by atoms with van der Waals surface area (Å²) >= 11 is 0. The van der Waals surface area contributed by atoms with Crippen LogP contribution in [0.4, 0.5) is 0 Å². The molecule has 5 nitrogen and oxygen atoms in total. The number of rotatable bonds is 6. The second-order valence-corrected chi connectivity index (χ2v) is 6.71. The van der Waals surface area contributed by atoms with Crippen LogP contribution < -0.4 is 10.6 Å². The first-order valence-corrected chi connectivity index (χ1v) is 7.75. The lowest BCUT2D eigenvalue weighted by molar-refractivity contribution is 0.345. The lowest BCUT2D eigenvalue weighted by Crippen LogP contribution is -2.42. The van der Waals surface area contributed by atoms with Crippen molar-refractivity contribution in [3.8, 4) is 0 Å². The van der Waals surface area contributed by atoms with Gasteiger partial charge in [0.2, 0.25) is 0 Å². The van der Waals surface area contributed by atoms with Gasteiger partial charge in [-0.2, -0.15) is 0 Å². The van der Waals surface area contributed by atoms with Crippen LogP contribution in [0.1, 0.15) is 58.9 Å². The lowest BCUT2D eigenvalue weighted by Gasteiger charge is -2.22. The maximum atomic E-state index is 5.25. The van der Waals surface area contributed by atoms with Gasteiger partial charge >= 0.3 is 0 Å². The van der Waals surface area contributed by atoms with Gasteiger partial charge in [-0.25, -0.2) is 0 Å². The molecule has 0 aromatic carbocycles. The Labute approximate surface area is 128 Å². The van der Waals surface area contributed by atoms with Gasteiger partial charge in [0.15, 0.2) is 11.7 Å². The van der Waals surface area contributed by atoms with Gasteiger partial charge in [-0.3, -0.25) is 4.99 Å². The molecule has 5 heteroatoms. The number of guanidine groups is 1. The van der Waals surface area contributed by atoms with Gasteiger partial charge in [0.1, 0.15) is 0 Å². The molecule has 21 heavy (non-hydrogen) atoms. The monoisotopic (exact) mass is 294 g/mol. The second kappa shape index (κ2) is 8.05. The standard InChI is InChI=1S/C16H30N4O/c1-7-13-10-14(21-20-13)11-18-15(17-6)19-12(2)8-9-16(3,4)5/h10,12H,7-9,11H2,1-6H3,(H2,17,18,19). The van der Waals surface area contributed by atoms with Crippen LogP contribution in [0.5, 0.6) is 0 Å². The molecule has 0 saturated carbocycles. The zero-order chi connectivity index (χ0) is 15.9. The number of hydrogen-bond acceptors (Lipinski definition) is 3. The van der Waals surface area contributed by atoms with Gasteiger partial charge in [0.05, 0.1) is 12.2 Å². The molecule has 0 spiro atoms. The van der Waals surface area contributed by atoms with Gasteiger partial charge in [-0.05, 0) is 31.6 Å². The van der Waals surface area contributed by atoms with Gasteiger partial charge in [0, 0.05) is 19.2 Å². The molecule has 0 fully saturated rings.